The summed E-state index contributed by atoms with van der Waals surface area (Å²) in [5.74, 6) is -0.712. The molecule has 0 aliphatic carbocycles. The Balaban J connectivity index is 2.04. The van der Waals surface area contributed by atoms with E-state index in [1.807, 2.05) is 24.3 Å². The van der Waals surface area contributed by atoms with Crippen LogP contribution in [-0.2, 0) is 13.1 Å². The van der Waals surface area contributed by atoms with E-state index in [1.54, 1.807) is 12.1 Å². The van der Waals surface area contributed by atoms with Crippen LogP contribution in [0.25, 0.3) is 0 Å². The monoisotopic (exact) mass is 351 g/mol. The number of nitrogens with one attached hydrogen (secondary N) is 1. The number of amidine groups is 1. The number of benzene rings is 2. The van der Waals surface area contributed by atoms with E-state index in [-0.39, 0.29) is 11.4 Å². The summed E-state index contributed by atoms with van der Waals surface area (Å²) in [6.07, 6.45) is 0. The van der Waals surface area contributed by atoms with Gasteiger partial charge in [-0.3, -0.25) is 0 Å². The largest absolute Gasteiger partial charge is 0.409 e. The van der Waals surface area contributed by atoms with Crippen molar-refractivity contribution in [3.05, 3.63) is 69.4 Å². The second-order valence-electron chi connectivity index (χ2n) is 4.50. The molecule has 21 heavy (non-hydrogen) atoms. The van der Waals surface area contributed by atoms with E-state index in [1.165, 1.54) is 6.07 Å². The zero-order valence-electron chi connectivity index (χ0n) is 11.2. The number of nitrogens with two attached hydrogens (primary N) is 1. The summed E-state index contributed by atoms with van der Waals surface area (Å²) in [4.78, 5) is 0. The van der Waals surface area contributed by atoms with Crippen LogP contribution >= 0.6 is 15.9 Å². The Labute approximate surface area is 130 Å². The van der Waals surface area contributed by atoms with Gasteiger partial charge in [0, 0.05) is 23.1 Å². The van der Waals surface area contributed by atoms with Gasteiger partial charge in [-0.15, -0.1) is 0 Å². The molecule has 0 radical (unpaired) electrons. The van der Waals surface area contributed by atoms with Crippen molar-refractivity contribution in [2.24, 2.45) is 10.9 Å². The molecule has 0 spiro atoms. The molecular formula is C15H15BrFN3O. The predicted molar refractivity (Wildman–Crippen MR) is 83.6 cm³/mol. The Morgan fingerprint density at radius 1 is 1.24 bits per heavy atom. The predicted octanol–water partition coefficient (Wildman–Crippen LogP) is 2.97. The summed E-state index contributed by atoms with van der Waals surface area (Å²) in [5.41, 5.74) is 7.09. The summed E-state index contributed by atoms with van der Waals surface area (Å²) in [5, 5.41) is 14.6. The molecule has 0 unspecified atom stereocenters. The maximum atomic E-state index is 14.2. The highest BCUT2D eigenvalue weighted by atomic mass is 79.9. The van der Waals surface area contributed by atoms with Crippen LogP contribution in [0.3, 0.4) is 0 Å². The first-order valence-corrected chi connectivity index (χ1v) is 7.11. The minimum absolute atomic E-state index is 0.0965. The molecular weight excluding hydrogens is 337 g/mol. The molecule has 2 aromatic carbocycles. The first-order chi connectivity index (χ1) is 10.1. The maximum Gasteiger partial charge on any atom is 0.173 e. The Kier molecular flexibility index (Phi) is 5.30. The van der Waals surface area contributed by atoms with Crippen LogP contribution in [0.1, 0.15) is 16.7 Å². The lowest BCUT2D eigenvalue weighted by atomic mass is 10.1. The van der Waals surface area contributed by atoms with Crippen molar-refractivity contribution >= 4 is 21.8 Å². The van der Waals surface area contributed by atoms with Gasteiger partial charge in [0.25, 0.3) is 0 Å². The van der Waals surface area contributed by atoms with Gasteiger partial charge >= 0.3 is 0 Å². The van der Waals surface area contributed by atoms with Gasteiger partial charge in [0.1, 0.15) is 5.82 Å². The van der Waals surface area contributed by atoms with Crippen LogP contribution in [0.2, 0.25) is 0 Å². The van der Waals surface area contributed by atoms with Crippen LogP contribution in [0.4, 0.5) is 4.39 Å². The SMILES string of the molecule is N/C(=N/O)c1cccc(CNCc2cccc(Br)c2)c1F. The Morgan fingerprint density at radius 3 is 2.71 bits per heavy atom. The van der Waals surface area contributed by atoms with Gasteiger partial charge in [-0.25, -0.2) is 4.39 Å². The van der Waals surface area contributed by atoms with Crippen LogP contribution in [0.5, 0.6) is 0 Å². The molecule has 2 rings (SSSR count). The third-order valence-corrected chi connectivity index (χ3v) is 3.49. The molecule has 0 atom stereocenters. The summed E-state index contributed by atoms with van der Waals surface area (Å²) in [6.45, 7) is 0.970. The number of halogens is 2. The van der Waals surface area contributed by atoms with Gasteiger partial charge < -0.3 is 16.3 Å². The summed E-state index contributed by atoms with van der Waals surface area (Å²) >= 11 is 3.41. The lowest BCUT2D eigenvalue weighted by molar-refractivity contribution is 0.318. The van der Waals surface area contributed by atoms with Gasteiger partial charge in [0.2, 0.25) is 0 Å². The van der Waals surface area contributed by atoms with Gasteiger partial charge in [-0.05, 0) is 23.8 Å². The van der Waals surface area contributed by atoms with Gasteiger partial charge in [0.15, 0.2) is 5.84 Å². The minimum Gasteiger partial charge on any atom is -0.409 e. The zero-order chi connectivity index (χ0) is 15.2. The molecule has 110 valence electrons. The fourth-order valence-electron chi connectivity index (χ4n) is 1.96. The molecule has 4 N–H and O–H groups in total. The molecule has 0 aromatic heterocycles. The van der Waals surface area contributed by atoms with Gasteiger partial charge in [-0.2, -0.15) is 0 Å². The average Bonchev–Trinajstić information content (AvgIpc) is 2.48. The normalized spacial score (nSPS) is 11.6. The lowest BCUT2D eigenvalue weighted by Crippen LogP contribution is -2.18. The van der Waals surface area contributed by atoms with Crippen LogP contribution in [-0.4, -0.2) is 11.0 Å². The Hall–Kier alpha value is -1.92. The highest BCUT2D eigenvalue weighted by Gasteiger charge is 2.11. The summed E-state index contributed by atoms with van der Waals surface area (Å²) in [7, 11) is 0. The van der Waals surface area contributed by atoms with Crippen LogP contribution in [0.15, 0.2) is 52.1 Å². The van der Waals surface area contributed by atoms with E-state index in [4.69, 9.17) is 10.9 Å². The molecule has 0 fully saturated rings. The molecule has 0 saturated carbocycles. The fraction of sp³-hybridized carbons (Fsp3) is 0.133. The highest BCUT2D eigenvalue weighted by molar-refractivity contribution is 9.10. The van der Waals surface area contributed by atoms with Crippen molar-refractivity contribution in [2.45, 2.75) is 13.1 Å². The molecule has 0 aliphatic rings. The van der Waals surface area contributed by atoms with Crippen LogP contribution < -0.4 is 11.1 Å². The topological polar surface area (TPSA) is 70.6 Å². The number of rotatable bonds is 5. The first kappa shape index (κ1) is 15.5. The number of nitrogens with zero attached hydrogens (tertiary/aromatic N) is 1. The smallest absolute Gasteiger partial charge is 0.173 e. The molecule has 0 heterocycles. The van der Waals surface area contributed by atoms with Crippen molar-refractivity contribution in [3.63, 3.8) is 0 Å². The zero-order valence-corrected chi connectivity index (χ0v) is 12.8. The summed E-state index contributed by atoms with van der Waals surface area (Å²) in [6, 6.07) is 12.7. The minimum atomic E-state index is -0.477. The summed E-state index contributed by atoms with van der Waals surface area (Å²) < 4.78 is 15.2. The van der Waals surface area contributed by atoms with E-state index in [0.29, 0.717) is 18.7 Å². The highest BCUT2D eigenvalue weighted by Crippen LogP contribution is 2.14. The van der Waals surface area contributed by atoms with Crippen molar-refractivity contribution in [1.29, 1.82) is 0 Å². The van der Waals surface area contributed by atoms with E-state index in [9.17, 15) is 4.39 Å². The quantitative estimate of drug-likeness (QED) is 0.335. The molecule has 4 nitrogen and oxygen atoms in total. The second-order valence-corrected chi connectivity index (χ2v) is 5.41. The number of hydrogen-bond acceptors (Lipinski definition) is 3. The molecule has 0 bridgehead atoms. The fourth-order valence-corrected chi connectivity index (χ4v) is 2.40. The third kappa shape index (κ3) is 4.03. The first-order valence-electron chi connectivity index (χ1n) is 6.32. The molecule has 2 aromatic rings. The Morgan fingerprint density at radius 2 is 2.00 bits per heavy atom. The Bertz CT molecular complexity index is 661. The van der Waals surface area contributed by atoms with Crippen molar-refractivity contribution in [1.82, 2.24) is 5.32 Å². The molecule has 0 amide bonds. The standard InChI is InChI=1S/C15H15BrFN3O/c16-12-5-1-3-10(7-12)8-19-9-11-4-2-6-13(14(11)17)15(18)20-21/h1-7,19,21H,8-9H2,(H2,18,20). The van der Waals surface area contributed by atoms with Crippen LogP contribution in [0, 0.1) is 5.82 Å². The lowest BCUT2D eigenvalue weighted by Gasteiger charge is -2.09. The number of oxime groups is 1. The second kappa shape index (κ2) is 7.19. The van der Waals surface area contributed by atoms with E-state index in [2.05, 4.69) is 26.4 Å². The molecule has 0 saturated heterocycles. The van der Waals surface area contributed by atoms with Gasteiger partial charge in [-0.1, -0.05) is 45.4 Å². The van der Waals surface area contributed by atoms with E-state index in [0.717, 1.165) is 10.0 Å². The molecule has 0 aliphatic heterocycles. The maximum absolute atomic E-state index is 14.2. The van der Waals surface area contributed by atoms with Crippen molar-refractivity contribution in [2.75, 3.05) is 0 Å². The van der Waals surface area contributed by atoms with E-state index >= 15 is 0 Å². The average molecular weight is 352 g/mol. The van der Waals surface area contributed by atoms with Gasteiger partial charge in [0.05, 0.1) is 5.56 Å². The molecule has 6 heteroatoms. The number of hydrogen-bond donors (Lipinski definition) is 3. The van der Waals surface area contributed by atoms with E-state index < -0.39 is 5.82 Å². The third-order valence-electron chi connectivity index (χ3n) is 3.00. The van der Waals surface area contributed by atoms with Crippen molar-refractivity contribution < 1.29 is 9.60 Å². The van der Waals surface area contributed by atoms with Crippen molar-refractivity contribution in [3.8, 4) is 0 Å².